The lowest BCUT2D eigenvalue weighted by atomic mass is 9.83. The molecule has 0 saturated heterocycles. The Balaban J connectivity index is 0.00000363. The molecule has 1 atom stereocenters. The quantitative estimate of drug-likeness (QED) is 0.236. The molecular weight excluding hydrogens is 496 g/mol. The summed E-state index contributed by atoms with van der Waals surface area (Å²) in [6.45, 7) is 24.0. The molecule has 1 aromatic carbocycles. The number of ketones is 1. The summed E-state index contributed by atoms with van der Waals surface area (Å²) in [4.78, 5) is 35.5. The van der Waals surface area contributed by atoms with E-state index in [1.165, 1.54) is 27.6 Å². The van der Waals surface area contributed by atoms with Crippen LogP contribution in [0.2, 0.25) is 0 Å². The van der Waals surface area contributed by atoms with Crippen LogP contribution in [0.15, 0.2) is 66.4 Å². The fraction of sp³-hybridized carbons (Fsp3) is 0.429. The van der Waals surface area contributed by atoms with Gasteiger partial charge in [0.15, 0.2) is 0 Å². The van der Waals surface area contributed by atoms with Gasteiger partial charge in [-0.15, -0.1) is 0 Å². The molecule has 0 aliphatic heterocycles. The highest BCUT2D eigenvalue weighted by molar-refractivity contribution is 5.97. The average molecular weight is 547 g/mol. The lowest BCUT2D eigenvalue weighted by Crippen LogP contribution is -2.24. The molecule has 0 spiro atoms. The molecule has 0 radical (unpaired) electrons. The fourth-order valence-electron chi connectivity index (χ4n) is 5.17. The first-order chi connectivity index (χ1) is 19.2. The van der Waals surface area contributed by atoms with Gasteiger partial charge in [0.25, 0.3) is 0 Å². The number of nitrogens with zero attached hydrogens (tertiary/aromatic N) is 2. The Morgan fingerprint density at radius 2 is 1.75 bits per heavy atom. The minimum absolute atomic E-state index is 0.160. The maximum absolute atomic E-state index is 12.2. The van der Waals surface area contributed by atoms with Gasteiger partial charge in [0.1, 0.15) is 19.4 Å². The maximum Gasteiger partial charge on any atom is 0.134 e. The van der Waals surface area contributed by atoms with E-state index in [9.17, 15) is 4.79 Å². The van der Waals surface area contributed by atoms with Crippen LogP contribution in [0, 0.1) is 12.8 Å². The lowest BCUT2D eigenvalue weighted by Gasteiger charge is -2.28. The SMILES string of the molecule is C=C/C(CC(C)=O)=C(/C=C(\C=C/C)c1c(C(C)N(C)CCC)cc(C)c2cccnc12)C(CC)CC.C=O.C=O. The van der Waals surface area contributed by atoms with Gasteiger partial charge in [-0.1, -0.05) is 63.8 Å². The number of benzene rings is 1. The Morgan fingerprint density at radius 1 is 1.12 bits per heavy atom. The summed E-state index contributed by atoms with van der Waals surface area (Å²) in [5.74, 6) is 0.512. The molecule has 1 unspecified atom stereocenters. The summed E-state index contributed by atoms with van der Waals surface area (Å²) in [5.41, 5.74) is 8.12. The highest BCUT2D eigenvalue weighted by atomic mass is 16.1. The minimum Gasteiger partial charge on any atom is -0.307 e. The molecule has 5 heteroatoms. The van der Waals surface area contributed by atoms with E-state index in [0.717, 1.165) is 42.5 Å². The summed E-state index contributed by atoms with van der Waals surface area (Å²) in [5, 5.41) is 1.18. The van der Waals surface area contributed by atoms with E-state index in [0.29, 0.717) is 12.3 Å². The average Bonchev–Trinajstić information content (AvgIpc) is 2.97. The van der Waals surface area contributed by atoms with Crippen LogP contribution in [0.4, 0.5) is 0 Å². The van der Waals surface area contributed by atoms with Crippen molar-refractivity contribution in [3.8, 4) is 0 Å². The third kappa shape index (κ3) is 9.63. The molecule has 0 saturated carbocycles. The number of carbonyl (C=O) groups excluding carboxylic acids is 3. The van der Waals surface area contributed by atoms with Crippen molar-refractivity contribution in [1.82, 2.24) is 9.88 Å². The summed E-state index contributed by atoms with van der Waals surface area (Å²) in [7, 11) is 2.20. The lowest BCUT2D eigenvalue weighted by molar-refractivity contribution is -0.116. The number of pyridine rings is 1. The molecule has 1 heterocycles. The summed E-state index contributed by atoms with van der Waals surface area (Å²) < 4.78 is 0. The molecule has 2 aromatic rings. The molecule has 5 nitrogen and oxygen atoms in total. The minimum atomic E-state index is 0.160. The molecule has 0 N–H and O–H groups in total. The van der Waals surface area contributed by atoms with Crippen LogP contribution >= 0.6 is 0 Å². The molecule has 0 bridgehead atoms. The highest BCUT2D eigenvalue weighted by Gasteiger charge is 2.22. The number of rotatable bonds is 13. The van der Waals surface area contributed by atoms with Gasteiger partial charge in [-0.2, -0.15) is 0 Å². The zero-order valence-electron chi connectivity index (χ0n) is 26.0. The molecule has 0 amide bonds. The second-order valence-electron chi connectivity index (χ2n) is 9.89. The zero-order valence-corrected chi connectivity index (χ0v) is 26.0. The number of Topliss-reactive ketones (excluding diaryl/α,β-unsaturated/α-hetero) is 1. The number of fused-ring (bicyclic) bond motifs is 1. The molecule has 0 aliphatic carbocycles. The first-order valence-corrected chi connectivity index (χ1v) is 14.1. The van der Waals surface area contributed by atoms with Crippen molar-refractivity contribution in [3.63, 3.8) is 0 Å². The van der Waals surface area contributed by atoms with E-state index in [2.05, 4.69) is 90.4 Å². The number of hydrogen-bond acceptors (Lipinski definition) is 5. The first-order valence-electron chi connectivity index (χ1n) is 14.1. The van der Waals surface area contributed by atoms with Crippen LogP contribution in [-0.4, -0.2) is 42.8 Å². The topological polar surface area (TPSA) is 67.3 Å². The largest absolute Gasteiger partial charge is 0.307 e. The zero-order chi connectivity index (χ0) is 30.8. The first kappa shape index (κ1) is 36.6. The molecule has 0 aliphatic rings. The molecule has 1 aromatic heterocycles. The number of aryl methyl sites for hydroxylation is 1. The van der Waals surface area contributed by atoms with Crippen molar-refractivity contribution in [1.29, 1.82) is 0 Å². The summed E-state index contributed by atoms with van der Waals surface area (Å²) in [6, 6.07) is 6.76. The van der Waals surface area contributed by atoms with Gasteiger partial charge in [0.2, 0.25) is 0 Å². The van der Waals surface area contributed by atoms with Crippen molar-refractivity contribution in [2.24, 2.45) is 5.92 Å². The van der Waals surface area contributed by atoms with E-state index >= 15 is 0 Å². The fourth-order valence-corrected chi connectivity index (χ4v) is 5.17. The van der Waals surface area contributed by atoms with E-state index in [4.69, 9.17) is 14.6 Å². The van der Waals surface area contributed by atoms with E-state index in [1.807, 2.05) is 31.9 Å². The van der Waals surface area contributed by atoms with Crippen LogP contribution in [0.3, 0.4) is 0 Å². The number of allylic oxidation sites excluding steroid dienone is 7. The van der Waals surface area contributed by atoms with Gasteiger partial charge in [0.05, 0.1) is 5.52 Å². The maximum atomic E-state index is 12.2. The number of aromatic nitrogens is 1. The summed E-state index contributed by atoms with van der Waals surface area (Å²) in [6.07, 6.45) is 13.9. The molecule has 218 valence electrons. The van der Waals surface area contributed by atoms with Gasteiger partial charge >= 0.3 is 0 Å². The molecule has 2 rings (SSSR count). The van der Waals surface area contributed by atoms with Crippen molar-refractivity contribution in [2.75, 3.05) is 13.6 Å². The van der Waals surface area contributed by atoms with Crippen molar-refractivity contribution >= 4 is 35.8 Å². The van der Waals surface area contributed by atoms with Gasteiger partial charge in [0, 0.05) is 29.6 Å². The predicted molar refractivity (Wildman–Crippen MR) is 171 cm³/mol. The molecule has 40 heavy (non-hydrogen) atoms. The predicted octanol–water partition coefficient (Wildman–Crippen LogP) is 8.43. The Hall–Kier alpha value is -3.44. The van der Waals surface area contributed by atoms with Crippen molar-refractivity contribution in [2.45, 2.75) is 80.2 Å². The van der Waals surface area contributed by atoms with Crippen LogP contribution in [-0.2, 0) is 14.4 Å². The Labute approximate surface area is 242 Å². The van der Waals surface area contributed by atoms with Gasteiger partial charge in [-0.05, 0) is 100 Å². The second kappa shape index (κ2) is 19.6. The second-order valence-corrected chi connectivity index (χ2v) is 9.89. The van der Waals surface area contributed by atoms with E-state index < -0.39 is 0 Å². The normalized spacial score (nSPS) is 12.9. The number of carbonyl (C=O) groups is 3. The highest BCUT2D eigenvalue weighted by Crippen LogP contribution is 2.38. The third-order valence-corrected chi connectivity index (χ3v) is 7.25. The van der Waals surface area contributed by atoms with Crippen LogP contribution < -0.4 is 0 Å². The smallest absolute Gasteiger partial charge is 0.134 e. The van der Waals surface area contributed by atoms with Crippen molar-refractivity contribution in [3.05, 3.63) is 83.1 Å². The third-order valence-electron chi connectivity index (χ3n) is 7.25. The Morgan fingerprint density at radius 3 is 2.25 bits per heavy atom. The summed E-state index contributed by atoms with van der Waals surface area (Å²) >= 11 is 0. The van der Waals surface area contributed by atoms with Gasteiger partial charge in [-0.25, -0.2) is 0 Å². The van der Waals surface area contributed by atoms with Crippen LogP contribution in [0.1, 0.15) is 90.0 Å². The number of hydrogen-bond donors (Lipinski definition) is 0. The van der Waals surface area contributed by atoms with Gasteiger partial charge < -0.3 is 9.59 Å². The monoisotopic (exact) mass is 546 g/mol. The Bertz CT molecular complexity index is 1190. The van der Waals surface area contributed by atoms with Crippen molar-refractivity contribution < 1.29 is 14.4 Å². The van der Waals surface area contributed by atoms with E-state index in [-0.39, 0.29) is 11.8 Å². The van der Waals surface area contributed by atoms with Crippen LogP contribution in [0.5, 0.6) is 0 Å². The molecule has 0 fully saturated rings. The molecular formula is C35H50N2O3. The Kier molecular flexibility index (Phi) is 17.9. The van der Waals surface area contributed by atoms with Crippen LogP contribution in [0.25, 0.3) is 16.5 Å². The standard InChI is InChI=1S/C33H46N2O.2CH2O/c1-10-16-28(22-31(26(12-3)13-4)27(14-5)21-24(7)36)32-30(25(8)35(9)19-11-2)20-23(6)29-17-15-18-34-33(29)32;2*1-2/h10,14-18,20,22,25-26H,5,11-13,19,21H2,1-4,6-9H3;2*1H2/b16-10-,28-22+,31-27+;;. The van der Waals surface area contributed by atoms with Gasteiger partial charge in [-0.3, -0.25) is 14.7 Å². The van der Waals surface area contributed by atoms with E-state index in [1.54, 1.807) is 6.92 Å².